The molecule has 1 aliphatic carbocycles. The highest BCUT2D eigenvalue weighted by Gasteiger charge is 2.56. The van der Waals surface area contributed by atoms with Gasteiger partial charge in [0.15, 0.2) is 0 Å². The van der Waals surface area contributed by atoms with E-state index in [1.807, 2.05) is 0 Å². The molecule has 64 valence electrons. The number of nitrogens with two attached hydrogens (primary N) is 1. The molecule has 2 rings (SSSR count). The molecule has 2 fully saturated rings. The summed E-state index contributed by atoms with van der Waals surface area (Å²) in [5.74, 6) is 2.24. The van der Waals surface area contributed by atoms with Crippen LogP contribution in [-0.2, 0) is 0 Å². The average Bonchev–Trinajstić information content (AvgIpc) is 2.72. The summed E-state index contributed by atoms with van der Waals surface area (Å²) in [7, 11) is 0. The van der Waals surface area contributed by atoms with Crippen molar-refractivity contribution < 1.29 is 0 Å². The number of hydrogen-bond donors (Lipinski definition) is 1. The minimum absolute atomic E-state index is 0.692. The first-order chi connectivity index (χ1) is 5.29. The van der Waals surface area contributed by atoms with Crippen LogP contribution in [0.25, 0.3) is 0 Å². The van der Waals surface area contributed by atoms with Crippen molar-refractivity contribution in [3.8, 4) is 0 Å². The number of hydrogen-bond acceptors (Lipinski definition) is 2. The molecule has 1 spiro atoms. The zero-order valence-corrected chi connectivity index (χ0v) is 7.99. The van der Waals surface area contributed by atoms with Crippen LogP contribution in [0.3, 0.4) is 0 Å². The molecule has 2 N–H and O–H groups in total. The van der Waals surface area contributed by atoms with E-state index >= 15 is 0 Å². The summed E-state index contributed by atoms with van der Waals surface area (Å²) in [6.07, 6.45) is 4.28. The third-order valence-electron chi connectivity index (χ3n) is 3.53. The third-order valence-corrected chi connectivity index (χ3v) is 5.02. The largest absolute Gasteiger partial charge is 0.330 e. The normalized spacial score (nSPS) is 49.6. The maximum Gasteiger partial charge on any atom is 0.00784 e. The Labute approximate surface area is 73.1 Å². The molecular weight excluding hydrogens is 154 g/mol. The van der Waals surface area contributed by atoms with Crippen LogP contribution in [0.1, 0.15) is 26.2 Å². The van der Waals surface area contributed by atoms with Crippen LogP contribution in [0.2, 0.25) is 0 Å². The lowest BCUT2D eigenvalue weighted by Gasteiger charge is -2.29. The van der Waals surface area contributed by atoms with Crippen molar-refractivity contribution in [2.45, 2.75) is 31.4 Å². The standard InChI is InChI=1S/C9H17NS/c1-7-9(3-2-4-11-7)5-8(9)6-10/h7-8H,2-6,10H2,1H3. The van der Waals surface area contributed by atoms with E-state index in [1.165, 1.54) is 25.0 Å². The molecule has 11 heavy (non-hydrogen) atoms. The smallest absolute Gasteiger partial charge is 0.00784 e. The molecule has 2 aliphatic rings. The van der Waals surface area contributed by atoms with Gasteiger partial charge in [-0.1, -0.05) is 6.92 Å². The Kier molecular flexibility index (Phi) is 1.92. The summed E-state index contributed by atoms with van der Waals surface area (Å²) in [6.45, 7) is 3.31. The molecule has 1 nitrogen and oxygen atoms in total. The summed E-state index contributed by atoms with van der Waals surface area (Å²) in [5, 5.41) is 0.879. The molecule has 0 radical (unpaired) electrons. The molecule has 0 aromatic heterocycles. The Morgan fingerprint density at radius 2 is 2.45 bits per heavy atom. The predicted octanol–water partition coefficient (Wildman–Crippen LogP) is 1.87. The molecule has 1 saturated carbocycles. The van der Waals surface area contributed by atoms with Crippen LogP contribution in [0.4, 0.5) is 0 Å². The SMILES string of the molecule is CC1SCCCC12CC2CN. The van der Waals surface area contributed by atoms with Crippen molar-refractivity contribution >= 4 is 11.8 Å². The maximum atomic E-state index is 5.69. The molecule has 1 saturated heterocycles. The van der Waals surface area contributed by atoms with Crippen molar-refractivity contribution in [1.29, 1.82) is 0 Å². The zero-order valence-electron chi connectivity index (χ0n) is 7.18. The van der Waals surface area contributed by atoms with Gasteiger partial charge >= 0.3 is 0 Å². The third kappa shape index (κ3) is 1.11. The highest BCUT2D eigenvalue weighted by molar-refractivity contribution is 7.99. The highest BCUT2D eigenvalue weighted by atomic mass is 32.2. The average molecular weight is 171 g/mol. The van der Waals surface area contributed by atoms with Gasteiger partial charge in [0, 0.05) is 5.25 Å². The van der Waals surface area contributed by atoms with Crippen molar-refractivity contribution in [1.82, 2.24) is 0 Å². The second-order valence-electron chi connectivity index (χ2n) is 3.99. The minimum Gasteiger partial charge on any atom is -0.330 e. The molecule has 0 bridgehead atoms. The van der Waals surface area contributed by atoms with Gasteiger partial charge in [0.05, 0.1) is 0 Å². The van der Waals surface area contributed by atoms with Crippen LogP contribution in [0.5, 0.6) is 0 Å². The highest BCUT2D eigenvalue weighted by Crippen LogP contribution is 2.62. The van der Waals surface area contributed by atoms with E-state index in [9.17, 15) is 0 Å². The summed E-state index contributed by atoms with van der Waals surface area (Å²) in [6, 6.07) is 0. The van der Waals surface area contributed by atoms with Gasteiger partial charge in [0.25, 0.3) is 0 Å². The minimum atomic E-state index is 0.692. The molecule has 3 atom stereocenters. The Morgan fingerprint density at radius 1 is 1.64 bits per heavy atom. The topological polar surface area (TPSA) is 26.0 Å². The van der Waals surface area contributed by atoms with E-state index in [0.29, 0.717) is 5.41 Å². The first-order valence-corrected chi connectivity index (χ1v) is 5.66. The lowest BCUT2D eigenvalue weighted by molar-refractivity contribution is 0.401. The van der Waals surface area contributed by atoms with Crippen LogP contribution in [0, 0.1) is 11.3 Å². The molecule has 3 unspecified atom stereocenters. The lowest BCUT2D eigenvalue weighted by Crippen LogP contribution is -2.25. The van der Waals surface area contributed by atoms with Crippen LogP contribution in [0.15, 0.2) is 0 Å². The Morgan fingerprint density at radius 3 is 3.00 bits per heavy atom. The summed E-state index contributed by atoms with van der Waals surface area (Å²) in [5.41, 5.74) is 6.38. The number of rotatable bonds is 1. The van der Waals surface area contributed by atoms with E-state index in [0.717, 1.165) is 17.7 Å². The molecule has 0 aromatic carbocycles. The fourth-order valence-electron chi connectivity index (χ4n) is 2.55. The van der Waals surface area contributed by atoms with Gasteiger partial charge in [-0.05, 0) is 42.9 Å². The molecule has 0 amide bonds. The first kappa shape index (κ1) is 7.93. The fourth-order valence-corrected chi connectivity index (χ4v) is 3.96. The Balaban J connectivity index is 2.01. The van der Waals surface area contributed by atoms with Gasteiger partial charge in [-0.3, -0.25) is 0 Å². The summed E-state index contributed by atoms with van der Waals surface area (Å²) < 4.78 is 0. The van der Waals surface area contributed by atoms with Crippen LogP contribution < -0.4 is 5.73 Å². The monoisotopic (exact) mass is 171 g/mol. The van der Waals surface area contributed by atoms with Gasteiger partial charge in [-0.15, -0.1) is 0 Å². The van der Waals surface area contributed by atoms with Gasteiger partial charge in [0.2, 0.25) is 0 Å². The first-order valence-electron chi connectivity index (χ1n) is 4.61. The van der Waals surface area contributed by atoms with Crippen molar-refractivity contribution in [3.05, 3.63) is 0 Å². The molecule has 0 aromatic rings. The lowest BCUT2D eigenvalue weighted by atomic mass is 9.93. The quantitative estimate of drug-likeness (QED) is 0.652. The van der Waals surface area contributed by atoms with E-state index in [2.05, 4.69) is 18.7 Å². The van der Waals surface area contributed by atoms with Crippen molar-refractivity contribution in [2.24, 2.45) is 17.1 Å². The van der Waals surface area contributed by atoms with E-state index in [1.54, 1.807) is 0 Å². The summed E-state index contributed by atoms with van der Waals surface area (Å²) in [4.78, 5) is 0. The van der Waals surface area contributed by atoms with Gasteiger partial charge in [0.1, 0.15) is 0 Å². The molecular formula is C9H17NS. The summed E-state index contributed by atoms with van der Waals surface area (Å²) >= 11 is 2.15. The van der Waals surface area contributed by atoms with Crippen molar-refractivity contribution in [3.63, 3.8) is 0 Å². The van der Waals surface area contributed by atoms with Crippen LogP contribution in [-0.4, -0.2) is 17.5 Å². The van der Waals surface area contributed by atoms with Crippen molar-refractivity contribution in [2.75, 3.05) is 12.3 Å². The number of thioether (sulfide) groups is 1. The Hall–Kier alpha value is 0.310. The van der Waals surface area contributed by atoms with E-state index < -0.39 is 0 Å². The van der Waals surface area contributed by atoms with Gasteiger partial charge < -0.3 is 5.73 Å². The van der Waals surface area contributed by atoms with E-state index in [4.69, 9.17) is 5.73 Å². The molecule has 1 heterocycles. The zero-order chi connectivity index (χ0) is 7.90. The molecule has 2 heteroatoms. The van der Waals surface area contributed by atoms with E-state index in [-0.39, 0.29) is 0 Å². The second-order valence-corrected chi connectivity index (χ2v) is 5.44. The van der Waals surface area contributed by atoms with Crippen LogP contribution >= 0.6 is 11.8 Å². The van der Waals surface area contributed by atoms with Gasteiger partial charge in [-0.2, -0.15) is 11.8 Å². The fraction of sp³-hybridized carbons (Fsp3) is 1.00. The molecule has 1 aliphatic heterocycles. The predicted molar refractivity (Wildman–Crippen MR) is 50.7 cm³/mol. The van der Waals surface area contributed by atoms with Gasteiger partial charge in [-0.25, -0.2) is 0 Å². The Bertz CT molecular complexity index is 160. The maximum absolute atomic E-state index is 5.69. The second kappa shape index (κ2) is 2.67.